The van der Waals surface area contributed by atoms with Crippen molar-refractivity contribution in [2.24, 2.45) is 5.73 Å². The Hall–Kier alpha value is -1.75. The average molecular weight is 278 g/mol. The summed E-state index contributed by atoms with van der Waals surface area (Å²) in [5.41, 5.74) is 5.98. The van der Waals surface area contributed by atoms with Crippen molar-refractivity contribution in [3.63, 3.8) is 0 Å². The second-order valence-electron chi connectivity index (χ2n) is 5.83. The van der Waals surface area contributed by atoms with Crippen LogP contribution in [0.1, 0.15) is 38.8 Å². The fraction of sp³-hybridized carbons (Fsp3) is 0.533. The van der Waals surface area contributed by atoms with Crippen LogP contribution < -0.4 is 10.5 Å². The zero-order valence-corrected chi connectivity index (χ0v) is 12.2. The van der Waals surface area contributed by atoms with Gasteiger partial charge in [0.15, 0.2) is 0 Å². The summed E-state index contributed by atoms with van der Waals surface area (Å²) in [7, 11) is 0. The number of hydrogen-bond acceptors (Lipinski definition) is 4. The number of nitrogens with two attached hydrogens (primary N) is 1. The Kier molecular flexibility index (Phi) is 3.90. The minimum Gasteiger partial charge on any atom is -0.508 e. The minimum absolute atomic E-state index is 0.0619. The second kappa shape index (κ2) is 5.32. The van der Waals surface area contributed by atoms with Gasteiger partial charge in [0.05, 0.1) is 6.54 Å². The maximum atomic E-state index is 11.2. The number of rotatable bonds is 4. The van der Waals surface area contributed by atoms with Gasteiger partial charge in [0.1, 0.15) is 17.1 Å². The van der Waals surface area contributed by atoms with E-state index in [-0.39, 0.29) is 29.8 Å². The number of fused-ring (bicyclic) bond motifs is 1. The van der Waals surface area contributed by atoms with Crippen LogP contribution in [-0.4, -0.2) is 34.6 Å². The highest BCUT2D eigenvalue weighted by Gasteiger charge is 2.36. The fourth-order valence-corrected chi connectivity index (χ4v) is 2.77. The number of phenolic OH excluding ortho intramolecular Hbond substituents is 1. The summed E-state index contributed by atoms with van der Waals surface area (Å²) < 4.78 is 5.93. The number of nitrogens with zero attached hydrogens (tertiary/aromatic N) is 1. The molecule has 0 spiro atoms. The first-order chi connectivity index (χ1) is 9.32. The van der Waals surface area contributed by atoms with E-state index in [0.717, 1.165) is 18.5 Å². The van der Waals surface area contributed by atoms with Gasteiger partial charge in [-0.05, 0) is 26.5 Å². The molecular formula is C15H22N2O3. The van der Waals surface area contributed by atoms with E-state index >= 15 is 0 Å². The predicted octanol–water partition coefficient (Wildman–Crippen LogP) is 1.80. The molecule has 1 aliphatic heterocycles. The predicted molar refractivity (Wildman–Crippen MR) is 76.6 cm³/mol. The normalized spacial score (nSPS) is 20.3. The van der Waals surface area contributed by atoms with Gasteiger partial charge in [-0.3, -0.25) is 9.69 Å². The van der Waals surface area contributed by atoms with Crippen molar-refractivity contribution in [2.75, 3.05) is 13.1 Å². The van der Waals surface area contributed by atoms with Crippen LogP contribution in [-0.2, 0) is 4.79 Å². The molecule has 0 fully saturated rings. The van der Waals surface area contributed by atoms with E-state index in [9.17, 15) is 9.90 Å². The van der Waals surface area contributed by atoms with Gasteiger partial charge in [0.25, 0.3) is 0 Å². The second-order valence-corrected chi connectivity index (χ2v) is 5.83. The van der Waals surface area contributed by atoms with Crippen LogP contribution in [0.15, 0.2) is 18.2 Å². The van der Waals surface area contributed by atoms with Gasteiger partial charge in [0, 0.05) is 24.1 Å². The SMILES string of the molecule is CCN(CC(N)=O)C1CC(C)(C)Oc2cc(O)ccc21. The Morgan fingerprint density at radius 2 is 2.25 bits per heavy atom. The molecule has 1 atom stereocenters. The summed E-state index contributed by atoms with van der Waals surface area (Å²) in [5.74, 6) is 0.517. The smallest absolute Gasteiger partial charge is 0.231 e. The standard InChI is InChI=1S/C15H22N2O3/c1-4-17(9-14(16)19)12-8-15(2,3)20-13-7-10(18)5-6-11(12)13/h5-7,12,18H,4,8-9H2,1-3H3,(H2,16,19). The molecular weight excluding hydrogens is 256 g/mol. The van der Waals surface area contributed by atoms with Crippen molar-refractivity contribution in [2.45, 2.75) is 38.8 Å². The van der Waals surface area contributed by atoms with E-state index in [1.54, 1.807) is 12.1 Å². The number of benzene rings is 1. The molecule has 0 bridgehead atoms. The molecule has 3 N–H and O–H groups in total. The molecule has 1 unspecified atom stereocenters. The molecule has 5 nitrogen and oxygen atoms in total. The van der Waals surface area contributed by atoms with E-state index in [1.807, 2.05) is 31.7 Å². The molecule has 0 aromatic heterocycles. The lowest BCUT2D eigenvalue weighted by molar-refractivity contribution is -0.120. The van der Waals surface area contributed by atoms with E-state index in [4.69, 9.17) is 10.5 Å². The summed E-state index contributed by atoms with van der Waals surface area (Å²) in [6.07, 6.45) is 0.770. The van der Waals surface area contributed by atoms with Gasteiger partial charge in [-0.2, -0.15) is 0 Å². The van der Waals surface area contributed by atoms with Gasteiger partial charge < -0.3 is 15.6 Å². The van der Waals surface area contributed by atoms with Crippen LogP contribution in [0.2, 0.25) is 0 Å². The number of ether oxygens (including phenoxy) is 1. The van der Waals surface area contributed by atoms with Gasteiger partial charge >= 0.3 is 0 Å². The number of amides is 1. The van der Waals surface area contributed by atoms with E-state index in [2.05, 4.69) is 0 Å². The lowest BCUT2D eigenvalue weighted by Crippen LogP contribution is -2.44. The van der Waals surface area contributed by atoms with Gasteiger partial charge in [0.2, 0.25) is 5.91 Å². The van der Waals surface area contributed by atoms with Crippen molar-refractivity contribution in [3.8, 4) is 11.5 Å². The maximum absolute atomic E-state index is 11.2. The van der Waals surface area contributed by atoms with Crippen molar-refractivity contribution in [1.82, 2.24) is 4.90 Å². The van der Waals surface area contributed by atoms with Gasteiger partial charge in [-0.1, -0.05) is 13.0 Å². The number of carbonyl (C=O) groups is 1. The zero-order valence-electron chi connectivity index (χ0n) is 12.2. The lowest BCUT2D eigenvalue weighted by atomic mass is 9.88. The summed E-state index contributed by atoms with van der Waals surface area (Å²) in [6.45, 7) is 6.96. The van der Waals surface area contributed by atoms with Crippen molar-refractivity contribution < 1.29 is 14.6 Å². The molecule has 1 aromatic rings. The molecule has 1 heterocycles. The Bertz CT molecular complexity index is 514. The van der Waals surface area contributed by atoms with Crippen molar-refractivity contribution in [1.29, 1.82) is 0 Å². The van der Waals surface area contributed by atoms with E-state index in [1.165, 1.54) is 0 Å². The maximum Gasteiger partial charge on any atom is 0.231 e. The first-order valence-electron chi connectivity index (χ1n) is 6.86. The van der Waals surface area contributed by atoms with E-state index in [0.29, 0.717) is 5.75 Å². The molecule has 0 aliphatic carbocycles. The molecule has 0 radical (unpaired) electrons. The molecule has 0 saturated carbocycles. The Balaban J connectivity index is 2.40. The number of phenols is 1. The Morgan fingerprint density at radius 3 is 2.85 bits per heavy atom. The van der Waals surface area contributed by atoms with Crippen molar-refractivity contribution >= 4 is 5.91 Å². The van der Waals surface area contributed by atoms with Crippen molar-refractivity contribution in [3.05, 3.63) is 23.8 Å². The highest BCUT2D eigenvalue weighted by atomic mass is 16.5. The highest BCUT2D eigenvalue weighted by molar-refractivity contribution is 5.76. The lowest BCUT2D eigenvalue weighted by Gasteiger charge is -2.42. The Labute approximate surface area is 119 Å². The molecule has 110 valence electrons. The van der Waals surface area contributed by atoms with Crippen LogP contribution in [0.3, 0.4) is 0 Å². The third-order valence-corrected chi connectivity index (χ3v) is 3.63. The Morgan fingerprint density at radius 1 is 1.55 bits per heavy atom. The van der Waals surface area contributed by atoms with Crippen LogP contribution in [0.25, 0.3) is 0 Å². The van der Waals surface area contributed by atoms with Crippen LogP contribution in [0.5, 0.6) is 11.5 Å². The topological polar surface area (TPSA) is 75.8 Å². The molecule has 20 heavy (non-hydrogen) atoms. The number of hydrogen-bond donors (Lipinski definition) is 2. The first-order valence-corrected chi connectivity index (χ1v) is 6.86. The van der Waals surface area contributed by atoms with Crippen LogP contribution in [0.4, 0.5) is 0 Å². The summed E-state index contributed by atoms with van der Waals surface area (Å²) >= 11 is 0. The monoisotopic (exact) mass is 278 g/mol. The molecule has 1 aromatic carbocycles. The number of likely N-dealkylation sites (N-methyl/N-ethyl adjacent to an activating group) is 1. The first kappa shape index (κ1) is 14.7. The highest BCUT2D eigenvalue weighted by Crippen LogP contribution is 2.43. The molecule has 0 saturated heterocycles. The van der Waals surface area contributed by atoms with Gasteiger partial charge in [-0.15, -0.1) is 0 Å². The number of primary amides is 1. The molecule has 1 amide bonds. The molecule has 5 heteroatoms. The summed E-state index contributed by atoms with van der Waals surface area (Å²) in [5, 5.41) is 9.62. The number of carbonyl (C=O) groups excluding carboxylic acids is 1. The van der Waals surface area contributed by atoms with Crippen LogP contribution >= 0.6 is 0 Å². The third-order valence-electron chi connectivity index (χ3n) is 3.63. The summed E-state index contributed by atoms with van der Waals surface area (Å²) in [6, 6.07) is 5.19. The fourth-order valence-electron chi connectivity index (χ4n) is 2.77. The number of aromatic hydroxyl groups is 1. The average Bonchev–Trinajstić information content (AvgIpc) is 2.33. The zero-order chi connectivity index (χ0) is 14.9. The largest absolute Gasteiger partial charge is 0.508 e. The molecule has 2 rings (SSSR count). The minimum atomic E-state index is -0.351. The van der Waals surface area contributed by atoms with Gasteiger partial charge in [-0.25, -0.2) is 0 Å². The quantitative estimate of drug-likeness (QED) is 0.880. The third kappa shape index (κ3) is 3.04. The summed E-state index contributed by atoms with van der Waals surface area (Å²) in [4.78, 5) is 13.3. The molecule has 1 aliphatic rings. The van der Waals surface area contributed by atoms with E-state index < -0.39 is 0 Å². The van der Waals surface area contributed by atoms with Crippen LogP contribution in [0, 0.1) is 0 Å².